The molecular weight excluding hydrogens is 382 g/mol. The summed E-state index contributed by atoms with van der Waals surface area (Å²) in [6.45, 7) is 2.33. The van der Waals surface area contributed by atoms with E-state index >= 15 is 0 Å². The van der Waals surface area contributed by atoms with Crippen LogP contribution < -0.4 is 9.62 Å². The SMILES string of the molecule is CCC(=O)N1CCc2ccc(S(=O)(=O)Nc3ncnn3-c3ncccn3)cc21. The predicted molar refractivity (Wildman–Crippen MR) is 101 cm³/mol. The molecule has 3 aromatic rings. The first-order valence-corrected chi connectivity index (χ1v) is 10.1. The first-order chi connectivity index (χ1) is 13.5. The quantitative estimate of drug-likeness (QED) is 0.683. The first-order valence-electron chi connectivity index (χ1n) is 8.63. The molecule has 0 bridgehead atoms. The lowest BCUT2D eigenvalue weighted by Crippen LogP contribution is -2.28. The van der Waals surface area contributed by atoms with Crippen LogP contribution in [0.4, 0.5) is 11.6 Å². The van der Waals surface area contributed by atoms with Gasteiger partial charge in [-0.05, 0) is 30.2 Å². The molecule has 0 spiro atoms. The van der Waals surface area contributed by atoms with E-state index in [1.807, 2.05) is 0 Å². The van der Waals surface area contributed by atoms with Crippen molar-refractivity contribution in [3.63, 3.8) is 0 Å². The fraction of sp³-hybridized carbons (Fsp3) is 0.235. The van der Waals surface area contributed by atoms with Crippen molar-refractivity contribution in [3.8, 4) is 5.95 Å². The van der Waals surface area contributed by atoms with Crippen LogP contribution in [0.5, 0.6) is 0 Å². The summed E-state index contributed by atoms with van der Waals surface area (Å²) in [7, 11) is -3.96. The average Bonchev–Trinajstić information content (AvgIpc) is 3.34. The molecule has 1 aliphatic rings. The van der Waals surface area contributed by atoms with Gasteiger partial charge in [0.15, 0.2) is 0 Å². The van der Waals surface area contributed by atoms with Gasteiger partial charge >= 0.3 is 0 Å². The van der Waals surface area contributed by atoms with E-state index < -0.39 is 10.0 Å². The molecule has 11 heteroatoms. The van der Waals surface area contributed by atoms with Crippen LogP contribution in [0.15, 0.2) is 47.9 Å². The van der Waals surface area contributed by atoms with Gasteiger partial charge in [-0.15, -0.1) is 0 Å². The Morgan fingerprint density at radius 2 is 2.00 bits per heavy atom. The Kier molecular flexibility index (Phi) is 4.51. The Bertz CT molecular complexity index is 1130. The van der Waals surface area contributed by atoms with Crippen LogP contribution in [-0.2, 0) is 21.2 Å². The molecule has 0 saturated heterocycles. The second kappa shape index (κ2) is 7.00. The van der Waals surface area contributed by atoms with E-state index in [0.29, 0.717) is 25.1 Å². The third-order valence-corrected chi connectivity index (χ3v) is 5.71. The van der Waals surface area contributed by atoms with Crippen molar-refractivity contribution in [2.45, 2.75) is 24.7 Å². The van der Waals surface area contributed by atoms with Gasteiger partial charge in [0.25, 0.3) is 16.0 Å². The Morgan fingerprint density at radius 3 is 2.75 bits per heavy atom. The van der Waals surface area contributed by atoms with Gasteiger partial charge in [0, 0.05) is 31.0 Å². The number of amides is 1. The largest absolute Gasteiger partial charge is 0.312 e. The van der Waals surface area contributed by atoms with Crippen molar-refractivity contribution >= 4 is 27.6 Å². The monoisotopic (exact) mass is 399 g/mol. The highest BCUT2D eigenvalue weighted by atomic mass is 32.2. The molecule has 0 aliphatic carbocycles. The standard InChI is InChI=1S/C17H17N7O3S/c1-2-15(25)23-9-6-12-4-5-13(10-14(12)23)28(26,27)22-17-20-11-21-24(17)16-18-7-3-8-19-16/h3-5,7-8,10-11H,2,6,9H2,1H3,(H,20,21,22). The Balaban J connectivity index is 1.66. The zero-order valence-electron chi connectivity index (χ0n) is 15.0. The molecule has 2 aromatic heterocycles. The molecule has 0 unspecified atom stereocenters. The van der Waals surface area contributed by atoms with Crippen LogP contribution in [0.25, 0.3) is 5.95 Å². The van der Waals surface area contributed by atoms with Gasteiger partial charge in [-0.3, -0.25) is 4.79 Å². The summed E-state index contributed by atoms with van der Waals surface area (Å²) in [4.78, 5) is 25.8. The molecule has 4 rings (SSSR count). The van der Waals surface area contributed by atoms with Gasteiger partial charge in [0.1, 0.15) is 6.33 Å². The molecule has 1 aromatic carbocycles. The van der Waals surface area contributed by atoms with Crippen molar-refractivity contribution in [3.05, 3.63) is 48.5 Å². The van der Waals surface area contributed by atoms with Crippen LogP contribution in [0.1, 0.15) is 18.9 Å². The third-order valence-electron chi connectivity index (χ3n) is 4.38. The lowest BCUT2D eigenvalue weighted by atomic mass is 10.2. The van der Waals surface area contributed by atoms with E-state index in [0.717, 1.165) is 5.56 Å². The maximum Gasteiger partial charge on any atom is 0.264 e. The number of nitrogens with zero attached hydrogens (tertiary/aromatic N) is 6. The number of rotatable bonds is 5. The number of carbonyl (C=O) groups is 1. The van der Waals surface area contributed by atoms with Crippen LogP contribution >= 0.6 is 0 Å². The number of anilines is 2. The van der Waals surface area contributed by atoms with Crippen molar-refractivity contribution in [2.24, 2.45) is 0 Å². The number of benzene rings is 1. The Hall–Kier alpha value is -3.34. The van der Waals surface area contributed by atoms with Gasteiger partial charge in [-0.1, -0.05) is 13.0 Å². The number of carbonyl (C=O) groups excluding carboxylic acids is 1. The lowest BCUT2D eigenvalue weighted by Gasteiger charge is -2.17. The van der Waals surface area contributed by atoms with Gasteiger partial charge in [0.2, 0.25) is 11.9 Å². The maximum atomic E-state index is 12.9. The third kappa shape index (κ3) is 3.20. The summed E-state index contributed by atoms with van der Waals surface area (Å²) >= 11 is 0. The summed E-state index contributed by atoms with van der Waals surface area (Å²) in [5.74, 6) is 0.113. The fourth-order valence-corrected chi connectivity index (χ4v) is 4.02. The molecular formula is C17H17N7O3S. The van der Waals surface area contributed by atoms with Crippen LogP contribution in [0.2, 0.25) is 0 Å². The van der Waals surface area contributed by atoms with Gasteiger partial charge < -0.3 is 4.90 Å². The van der Waals surface area contributed by atoms with Crippen LogP contribution in [0, 0.1) is 0 Å². The van der Waals surface area contributed by atoms with Crippen molar-refractivity contribution in [1.29, 1.82) is 0 Å². The van der Waals surface area contributed by atoms with E-state index in [2.05, 4.69) is 24.8 Å². The molecule has 28 heavy (non-hydrogen) atoms. The molecule has 0 radical (unpaired) electrons. The topological polar surface area (TPSA) is 123 Å². The molecule has 0 saturated carbocycles. The average molecular weight is 399 g/mol. The van der Waals surface area contributed by atoms with Gasteiger partial charge in [0.05, 0.1) is 4.90 Å². The normalized spacial score (nSPS) is 13.4. The molecule has 0 atom stereocenters. The molecule has 144 valence electrons. The first kappa shape index (κ1) is 18.0. The second-order valence-electron chi connectivity index (χ2n) is 6.09. The summed E-state index contributed by atoms with van der Waals surface area (Å²) in [5, 5.41) is 3.97. The smallest absolute Gasteiger partial charge is 0.264 e. The maximum absolute atomic E-state index is 12.9. The summed E-state index contributed by atoms with van der Waals surface area (Å²) < 4.78 is 29.4. The molecule has 1 aliphatic heterocycles. The minimum atomic E-state index is -3.96. The fourth-order valence-electron chi connectivity index (χ4n) is 3.01. The highest BCUT2D eigenvalue weighted by Crippen LogP contribution is 2.31. The van der Waals surface area contributed by atoms with Gasteiger partial charge in [-0.25, -0.2) is 23.1 Å². The van der Waals surface area contributed by atoms with Crippen LogP contribution in [0.3, 0.4) is 0 Å². The molecule has 1 N–H and O–H groups in total. The predicted octanol–water partition coefficient (Wildman–Crippen LogP) is 1.16. The Morgan fingerprint density at radius 1 is 1.21 bits per heavy atom. The highest BCUT2D eigenvalue weighted by molar-refractivity contribution is 7.92. The number of aromatic nitrogens is 5. The number of sulfonamides is 1. The van der Waals surface area contributed by atoms with Crippen LogP contribution in [-0.4, -0.2) is 45.6 Å². The van der Waals surface area contributed by atoms with E-state index in [-0.39, 0.29) is 22.7 Å². The molecule has 3 heterocycles. The van der Waals surface area contributed by atoms with E-state index in [9.17, 15) is 13.2 Å². The number of hydrogen-bond acceptors (Lipinski definition) is 7. The summed E-state index contributed by atoms with van der Waals surface area (Å²) in [6.07, 6.45) is 5.30. The zero-order valence-corrected chi connectivity index (χ0v) is 15.8. The Labute approximate surface area is 161 Å². The van der Waals surface area contributed by atoms with Crippen molar-refractivity contribution < 1.29 is 13.2 Å². The number of nitrogens with one attached hydrogen (secondary N) is 1. The minimum Gasteiger partial charge on any atom is -0.312 e. The van der Waals surface area contributed by atoms with Crippen molar-refractivity contribution in [1.82, 2.24) is 24.7 Å². The summed E-state index contributed by atoms with van der Waals surface area (Å²) in [6, 6.07) is 6.40. The van der Waals surface area contributed by atoms with E-state index in [1.165, 1.54) is 35.5 Å². The highest BCUT2D eigenvalue weighted by Gasteiger charge is 2.27. The second-order valence-corrected chi connectivity index (χ2v) is 7.77. The van der Waals surface area contributed by atoms with E-state index in [1.54, 1.807) is 24.0 Å². The summed E-state index contributed by atoms with van der Waals surface area (Å²) in [5.41, 5.74) is 1.57. The molecule has 0 fully saturated rings. The number of hydrogen-bond donors (Lipinski definition) is 1. The minimum absolute atomic E-state index is 0.0329. The zero-order chi connectivity index (χ0) is 19.7. The molecule has 1 amide bonds. The number of fused-ring (bicyclic) bond motifs is 1. The molecule has 10 nitrogen and oxygen atoms in total. The lowest BCUT2D eigenvalue weighted by molar-refractivity contribution is -0.118. The van der Waals surface area contributed by atoms with E-state index in [4.69, 9.17) is 0 Å². The van der Waals surface area contributed by atoms with Gasteiger partial charge in [-0.2, -0.15) is 14.8 Å². The van der Waals surface area contributed by atoms with Crippen molar-refractivity contribution in [2.75, 3.05) is 16.2 Å².